The molecule has 0 unspecified atom stereocenters. The number of methoxy groups -OCH3 is 1. The quantitative estimate of drug-likeness (QED) is 0.924. The molecule has 3 nitrogen and oxygen atoms in total. The van der Waals surface area contributed by atoms with Gasteiger partial charge in [0, 0.05) is 12.0 Å². The third-order valence-electron chi connectivity index (χ3n) is 6.22. The summed E-state index contributed by atoms with van der Waals surface area (Å²) in [7, 11) is 1.67. The highest BCUT2D eigenvalue weighted by atomic mass is 16.5. The van der Waals surface area contributed by atoms with Crippen LogP contribution in [0.1, 0.15) is 39.2 Å². The first kappa shape index (κ1) is 14.6. The number of carbonyl (C=O) groups is 1. The van der Waals surface area contributed by atoms with Gasteiger partial charge in [-0.1, -0.05) is 32.9 Å². The molecule has 0 heterocycles. The maximum atomic E-state index is 12.7. The number of hydrogen-bond donors (Lipinski definition) is 1. The van der Waals surface area contributed by atoms with E-state index in [1.54, 1.807) is 7.11 Å². The number of ether oxygens (including phenoxy) is 1. The molecule has 0 aromatic heterocycles. The van der Waals surface area contributed by atoms with Gasteiger partial charge in [-0.2, -0.15) is 0 Å². The lowest BCUT2D eigenvalue weighted by atomic mass is 9.70. The van der Waals surface area contributed by atoms with Crippen molar-refractivity contribution in [1.82, 2.24) is 5.32 Å². The van der Waals surface area contributed by atoms with Gasteiger partial charge in [0.1, 0.15) is 5.75 Å². The molecule has 0 radical (unpaired) electrons. The van der Waals surface area contributed by atoms with Crippen LogP contribution < -0.4 is 10.1 Å². The van der Waals surface area contributed by atoms with E-state index in [0.29, 0.717) is 11.7 Å². The van der Waals surface area contributed by atoms with E-state index in [1.807, 2.05) is 12.1 Å². The molecule has 0 aliphatic heterocycles. The second kappa shape index (κ2) is 4.84. The highest BCUT2D eigenvalue weighted by molar-refractivity contribution is 5.94. The van der Waals surface area contributed by atoms with Crippen LogP contribution in [0, 0.1) is 16.7 Å². The second-order valence-electron chi connectivity index (χ2n) is 7.27. The SMILES string of the molecule is COc1ccc(CN[C@H]2C(=O)[C@]3(C)CC[C@H]2C3(C)C)cc1. The van der Waals surface area contributed by atoms with Crippen LogP contribution in [0.4, 0.5) is 0 Å². The Balaban J connectivity index is 1.70. The molecule has 0 spiro atoms. The van der Waals surface area contributed by atoms with Crippen LogP contribution in [0.3, 0.4) is 0 Å². The molecule has 2 aliphatic carbocycles. The van der Waals surface area contributed by atoms with Crippen LogP contribution in [-0.4, -0.2) is 18.9 Å². The molecule has 21 heavy (non-hydrogen) atoms. The third kappa shape index (κ3) is 2.02. The minimum absolute atomic E-state index is 0.0147. The molecule has 1 N–H and O–H groups in total. The second-order valence-corrected chi connectivity index (χ2v) is 7.27. The first-order chi connectivity index (χ1) is 9.90. The fraction of sp³-hybridized carbons (Fsp3) is 0.611. The lowest BCUT2D eigenvalue weighted by Gasteiger charge is -2.32. The monoisotopic (exact) mass is 287 g/mol. The average Bonchev–Trinajstić information content (AvgIpc) is 2.78. The Labute approximate surface area is 127 Å². The summed E-state index contributed by atoms with van der Waals surface area (Å²) in [5.41, 5.74) is 1.16. The molecule has 1 aromatic rings. The molecule has 1 aromatic carbocycles. The summed E-state index contributed by atoms with van der Waals surface area (Å²) in [6, 6.07) is 8.04. The number of nitrogens with one attached hydrogen (secondary N) is 1. The molecular formula is C18H25NO2. The summed E-state index contributed by atoms with van der Waals surface area (Å²) in [6.07, 6.45) is 2.21. The summed E-state index contributed by atoms with van der Waals surface area (Å²) in [4.78, 5) is 12.7. The van der Waals surface area contributed by atoms with Crippen LogP contribution in [0.15, 0.2) is 24.3 Å². The van der Waals surface area contributed by atoms with E-state index in [1.165, 1.54) is 5.56 Å². The van der Waals surface area contributed by atoms with E-state index < -0.39 is 0 Å². The van der Waals surface area contributed by atoms with Crippen molar-refractivity contribution in [1.29, 1.82) is 0 Å². The van der Waals surface area contributed by atoms with Crippen molar-refractivity contribution in [2.45, 2.75) is 46.2 Å². The van der Waals surface area contributed by atoms with Crippen molar-refractivity contribution >= 4 is 5.78 Å². The number of Topliss-reactive ketones (excluding diaryl/α,β-unsaturated/α-hetero) is 1. The van der Waals surface area contributed by atoms with Crippen LogP contribution in [-0.2, 0) is 11.3 Å². The van der Waals surface area contributed by atoms with Crippen molar-refractivity contribution in [2.75, 3.05) is 7.11 Å². The molecular weight excluding hydrogens is 262 g/mol. The number of ketones is 1. The van der Waals surface area contributed by atoms with Crippen LogP contribution in [0.25, 0.3) is 0 Å². The molecule has 0 amide bonds. The number of benzene rings is 1. The zero-order chi connectivity index (χ0) is 15.3. The number of fused-ring (bicyclic) bond motifs is 2. The van der Waals surface area contributed by atoms with E-state index in [4.69, 9.17) is 4.74 Å². The normalized spacial score (nSPS) is 33.4. The smallest absolute Gasteiger partial charge is 0.156 e. The van der Waals surface area contributed by atoms with Gasteiger partial charge in [-0.25, -0.2) is 0 Å². The van der Waals surface area contributed by atoms with Crippen molar-refractivity contribution < 1.29 is 9.53 Å². The van der Waals surface area contributed by atoms with Gasteiger partial charge in [0.2, 0.25) is 0 Å². The fourth-order valence-electron chi connectivity index (χ4n) is 4.29. The zero-order valence-electron chi connectivity index (χ0n) is 13.4. The molecule has 2 saturated carbocycles. The van der Waals surface area contributed by atoms with Crippen LogP contribution in [0.2, 0.25) is 0 Å². The summed E-state index contributed by atoms with van der Waals surface area (Å²) in [6.45, 7) is 7.42. The molecule has 3 rings (SSSR count). The fourth-order valence-corrected chi connectivity index (χ4v) is 4.29. The van der Waals surface area contributed by atoms with E-state index >= 15 is 0 Å². The third-order valence-corrected chi connectivity index (χ3v) is 6.22. The topological polar surface area (TPSA) is 38.3 Å². The first-order valence-electron chi connectivity index (χ1n) is 7.81. The van der Waals surface area contributed by atoms with E-state index in [9.17, 15) is 4.79 Å². The van der Waals surface area contributed by atoms with Crippen molar-refractivity contribution in [3.05, 3.63) is 29.8 Å². The standard InChI is InChI=1S/C18H25NO2/c1-17(2)14-9-10-18(17,3)16(20)15(14)19-11-12-5-7-13(21-4)8-6-12/h5-8,14-15,19H,9-11H2,1-4H3/t14-,15-,18+/m1/s1. The highest BCUT2D eigenvalue weighted by Crippen LogP contribution is 2.63. The Morgan fingerprint density at radius 3 is 2.43 bits per heavy atom. The van der Waals surface area contributed by atoms with Gasteiger partial charge < -0.3 is 10.1 Å². The molecule has 2 bridgehead atoms. The largest absolute Gasteiger partial charge is 0.497 e. The number of rotatable bonds is 4. The summed E-state index contributed by atoms with van der Waals surface area (Å²) in [5, 5.41) is 3.51. The lowest BCUT2D eigenvalue weighted by molar-refractivity contribution is -0.130. The van der Waals surface area contributed by atoms with Gasteiger partial charge in [-0.05, 0) is 41.9 Å². The number of hydrogen-bond acceptors (Lipinski definition) is 3. The van der Waals surface area contributed by atoms with Gasteiger partial charge in [0.15, 0.2) is 5.78 Å². The zero-order valence-corrected chi connectivity index (χ0v) is 13.4. The summed E-state index contributed by atoms with van der Waals surface area (Å²) in [5.74, 6) is 1.74. The average molecular weight is 287 g/mol. The molecule has 114 valence electrons. The summed E-state index contributed by atoms with van der Waals surface area (Å²) < 4.78 is 5.17. The predicted octanol–water partition coefficient (Wildman–Crippen LogP) is 3.18. The molecule has 3 heteroatoms. The maximum Gasteiger partial charge on any atom is 0.156 e. The highest BCUT2D eigenvalue weighted by Gasteiger charge is 2.65. The van der Waals surface area contributed by atoms with Crippen molar-refractivity contribution in [3.8, 4) is 5.75 Å². The Bertz CT molecular complexity index is 549. The predicted molar refractivity (Wildman–Crippen MR) is 83.2 cm³/mol. The minimum Gasteiger partial charge on any atom is -0.497 e. The van der Waals surface area contributed by atoms with Gasteiger partial charge in [0.05, 0.1) is 13.2 Å². The van der Waals surface area contributed by atoms with Gasteiger partial charge >= 0.3 is 0 Å². The van der Waals surface area contributed by atoms with Crippen molar-refractivity contribution in [3.63, 3.8) is 0 Å². The Kier molecular flexibility index (Phi) is 3.36. The van der Waals surface area contributed by atoms with Crippen LogP contribution in [0.5, 0.6) is 5.75 Å². The summed E-state index contributed by atoms with van der Waals surface area (Å²) >= 11 is 0. The van der Waals surface area contributed by atoms with E-state index in [-0.39, 0.29) is 16.9 Å². The lowest BCUT2D eigenvalue weighted by Crippen LogP contribution is -2.43. The Hall–Kier alpha value is -1.35. The molecule has 0 saturated heterocycles. The molecule has 2 fully saturated rings. The van der Waals surface area contributed by atoms with Crippen molar-refractivity contribution in [2.24, 2.45) is 16.7 Å². The molecule has 2 aliphatic rings. The van der Waals surface area contributed by atoms with E-state index in [0.717, 1.165) is 25.1 Å². The van der Waals surface area contributed by atoms with E-state index in [2.05, 4.69) is 38.2 Å². The van der Waals surface area contributed by atoms with Gasteiger partial charge in [-0.15, -0.1) is 0 Å². The van der Waals surface area contributed by atoms with Gasteiger partial charge in [-0.3, -0.25) is 4.79 Å². The van der Waals surface area contributed by atoms with Gasteiger partial charge in [0.25, 0.3) is 0 Å². The van der Waals surface area contributed by atoms with Crippen LogP contribution >= 0.6 is 0 Å². The minimum atomic E-state index is -0.144. The molecule has 3 atom stereocenters. The first-order valence-corrected chi connectivity index (χ1v) is 7.81. The Morgan fingerprint density at radius 1 is 1.24 bits per heavy atom. The number of carbonyl (C=O) groups excluding carboxylic acids is 1. The Morgan fingerprint density at radius 2 is 1.90 bits per heavy atom. The maximum absolute atomic E-state index is 12.7.